The van der Waals surface area contributed by atoms with Gasteiger partial charge in [-0.25, -0.2) is 0 Å². The first-order chi connectivity index (χ1) is 11.4. The van der Waals surface area contributed by atoms with Crippen LogP contribution in [0.3, 0.4) is 0 Å². The molecule has 0 spiro atoms. The molecule has 0 aliphatic rings. The van der Waals surface area contributed by atoms with E-state index in [2.05, 4.69) is 42.9 Å². The summed E-state index contributed by atoms with van der Waals surface area (Å²) in [7, 11) is 0. The Morgan fingerprint density at radius 1 is 1.04 bits per heavy atom. The van der Waals surface area contributed by atoms with Crippen molar-refractivity contribution in [1.29, 1.82) is 0 Å². The summed E-state index contributed by atoms with van der Waals surface area (Å²) < 4.78 is 1.29. The number of nitrogens with one attached hydrogen (secondary N) is 1. The van der Waals surface area contributed by atoms with Crippen molar-refractivity contribution in [3.05, 3.63) is 32.8 Å². The molecule has 24 heavy (non-hydrogen) atoms. The first-order valence-electron chi connectivity index (χ1n) is 7.48. The lowest BCUT2D eigenvalue weighted by Gasteiger charge is -2.08. The first kappa shape index (κ1) is 19.0. The van der Waals surface area contributed by atoms with Gasteiger partial charge in [-0.15, -0.1) is 0 Å². The smallest absolute Gasteiger partial charge is 0.165 e. The summed E-state index contributed by atoms with van der Waals surface area (Å²) in [5.41, 5.74) is 1.34. The van der Waals surface area contributed by atoms with Gasteiger partial charge in [0.05, 0.1) is 0 Å². The molecular weight excluding hydrogens is 442 g/mol. The normalized spacial score (nSPS) is 11.0. The molecule has 2 aromatic rings. The molecule has 1 aromatic heterocycles. The van der Waals surface area contributed by atoms with Gasteiger partial charge in [0.1, 0.15) is 11.6 Å². The van der Waals surface area contributed by atoms with Crippen LogP contribution in [-0.4, -0.2) is 34.0 Å². The Labute approximate surface area is 156 Å². The minimum Gasteiger partial charge on any atom is -0.396 e. The zero-order valence-corrected chi connectivity index (χ0v) is 16.0. The summed E-state index contributed by atoms with van der Waals surface area (Å²) in [4.78, 5) is 38.6. The molecule has 1 aromatic carbocycles. The van der Waals surface area contributed by atoms with Crippen LogP contribution in [0.25, 0.3) is 10.9 Å². The van der Waals surface area contributed by atoms with Gasteiger partial charge < -0.3 is 10.1 Å². The van der Waals surface area contributed by atoms with Gasteiger partial charge in [-0.1, -0.05) is 0 Å². The van der Waals surface area contributed by atoms with Gasteiger partial charge in [0.25, 0.3) is 0 Å². The highest BCUT2D eigenvalue weighted by atomic mass is 79.9. The number of aliphatic hydroxyl groups excluding tert-OH is 1. The fourth-order valence-electron chi connectivity index (χ4n) is 2.35. The fraction of sp³-hybridized carbons (Fsp3) is 0.353. The Kier molecular flexibility index (Phi) is 6.89. The minimum atomic E-state index is -0.202. The second kappa shape index (κ2) is 8.69. The number of aromatic amines is 1. The van der Waals surface area contributed by atoms with E-state index in [0.717, 1.165) is 10.9 Å². The van der Waals surface area contributed by atoms with Crippen LogP contribution in [0, 0.1) is 6.07 Å². The van der Waals surface area contributed by atoms with Gasteiger partial charge in [-0.05, 0) is 37.9 Å². The molecule has 0 aliphatic carbocycles. The zero-order chi connectivity index (χ0) is 17.7. The maximum Gasteiger partial charge on any atom is 0.165 e. The molecule has 2 N–H and O–H groups in total. The lowest BCUT2D eigenvalue weighted by Crippen LogP contribution is -2.09. The van der Waals surface area contributed by atoms with Crippen LogP contribution < -0.4 is 0 Å². The zero-order valence-electron chi connectivity index (χ0n) is 12.8. The molecular formula is C17H16Br2NO4. The van der Waals surface area contributed by atoms with Crippen molar-refractivity contribution in [2.24, 2.45) is 0 Å². The molecule has 0 fully saturated rings. The van der Waals surface area contributed by atoms with E-state index in [1.807, 2.05) is 0 Å². The van der Waals surface area contributed by atoms with E-state index in [4.69, 9.17) is 5.11 Å². The Hall–Kier alpha value is -1.31. The number of rotatable bonds is 9. The highest BCUT2D eigenvalue weighted by Crippen LogP contribution is 2.34. The number of aliphatic hydroxyl groups is 1. The lowest BCUT2D eigenvalue weighted by atomic mass is 10.0. The second-order valence-electron chi connectivity index (χ2n) is 5.38. The number of halogens is 2. The van der Waals surface area contributed by atoms with E-state index in [1.165, 1.54) is 0 Å². The largest absolute Gasteiger partial charge is 0.396 e. The van der Waals surface area contributed by atoms with Gasteiger partial charge in [-0.3, -0.25) is 14.4 Å². The molecule has 0 bridgehead atoms. The SMILES string of the molecule is O=C(CCO)CCC(=O)CCC(=O)c1c(Br)cc2[nH]c[c]c2c1Br. The third-order valence-corrected chi connectivity index (χ3v) is 5.06. The van der Waals surface area contributed by atoms with Crippen LogP contribution in [0.4, 0.5) is 0 Å². The molecule has 0 saturated carbocycles. The van der Waals surface area contributed by atoms with Crippen LogP contribution in [0.15, 0.2) is 21.2 Å². The Morgan fingerprint density at radius 2 is 1.67 bits per heavy atom. The summed E-state index contributed by atoms with van der Waals surface area (Å²) >= 11 is 6.82. The molecule has 0 amide bonds. The van der Waals surface area contributed by atoms with Gasteiger partial charge in [-0.2, -0.15) is 0 Å². The molecule has 127 valence electrons. The number of H-pyrrole nitrogens is 1. The first-order valence-corrected chi connectivity index (χ1v) is 9.07. The maximum atomic E-state index is 12.5. The topological polar surface area (TPSA) is 87.2 Å². The van der Waals surface area contributed by atoms with Crippen LogP contribution in [0.5, 0.6) is 0 Å². The van der Waals surface area contributed by atoms with E-state index in [0.29, 0.717) is 14.5 Å². The van der Waals surface area contributed by atoms with Crippen LogP contribution in [0.1, 0.15) is 42.5 Å². The number of Topliss-reactive ketones (excluding diaryl/α,β-unsaturated/α-hetero) is 3. The number of carbonyl (C=O) groups is 3. The number of hydrogen-bond acceptors (Lipinski definition) is 4. The van der Waals surface area contributed by atoms with Crippen molar-refractivity contribution in [2.75, 3.05) is 6.61 Å². The van der Waals surface area contributed by atoms with Crippen molar-refractivity contribution >= 4 is 60.1 Å². The summed E-state index contributed by atoms with van der Waals surface area (Å²) in [6.07, 6.45) is 2.14. The fourth-order valence-corrected chi connectivity index (χ4v) is 4.02. The number of aromatic nitrogens is 1. The predicted octanol–water partition coefficient (Wildman–Crippen LogP) is 3.76. The van der Waals surface area contributed by atoms with Crippen molar-refractivity contribution in [3.8, 4) is 0 Å². The number of ketones is 3. The molecule has 5 nitrogen and oxygen atoms in total. The maximum absolute atomic E-state index is 12.5. The number of fused-ring (bicyclic) bond motifs is 1. The van der Waals surface area contributed by atoms with Crippen LogP contribution in [0.2, 0.25) is 0 Å². The van der Waals surface area contributed by atoms with Gasteiger partial charge in [0, 0.05) is 76.4 Å². The molecule has 0 aliphatic heterocycles. The van der Waals surface area contributed by atoms with Crippen LogP contribution >= 0.6 is 31.9 Å². The number of carbonyl (C=O) groups excluding carboxylic acids is 3. The van der Waals surface area contributed by atoms with E-state index in [1.54, 1.807) is 12.3 Å². The Bertz CT molecular complexity index is 782. The quantitative estimate of drug-likeness (QED) is 0.561. The average Bonchev–Trinajstić information content (AvgIpc) is 2.99. The molecule has 7 heteroatoms. The predicted molar refractivity (Wildman–Crippen MR) is 97.1 cm³/mol. The summed E-state index contributed by atoms with van der Waals surface area (Å²) in [6, 6.07) is 4.82. The Balaban J connectivity index is 1.98. The monoisotopic (exact) mass is 456 g/mol. The van der Waals surface area contributed by atoms with Gasteiger partial charge in [0.15, 0.2) is 5.78 Å². The van der Waals surface area contributed by atoms with Crippen molar-refractivity contribution in [2.45, 2.75) is 32.1 Å². The van der Waals surface area contributed by atoms with Crippen molar-refractivity contribution < 1.29 is 19.5 Å². The summed E-state index contributed by atoms with van der Waals surface area (Å²) in [5.74, 6) is -0.424. The minimum absolute atomic E-state index is 0.0687. The molecule has 0 atom stereocenters. The lowest BCUT2D eigenvalue weighted by molar-refractivity contribution is -0.124. The standard InChI is InChI=1S/C17H16Br2NO4/c18-13-9-14-12(5-7-20-14)17(19)16(13)15(24)4-3-10(22)1-2-11(23)6-8-21/h7,9,20-21H,1-4,6,8H2. The molecule has 2 rings (SSSR count). The van der Waals surface area contributed by atoms with Crippen molar-refractivity contribution in [3.63, 3.8) is 0 Å². The third-order valence-electron chi connectivity index (χ3n) is 3.65. The highest BCUT2D eigenvalue weighted by Gasteiger charge is 2.19. The Morgan fingerprint density at radius 3 is 2.33 bits per heavy atom. The average molecular weight is 458 g/mol. The van der Waals surface area contributed by atoms with Crippen LogP contribution in [-0.2, 0) is 9.59 Å². The van der Waals surface area contributed by atoms with Gasteiger partial charge in [0.2, 0.25) is 0 Å². The third kappa shape index (κ3) is 4.62. The molecule has 0 unspecified atom stereocenters. The summed E-state index contributed by atoms with van der Waals surface area (Å²) in [5, 5.41) is 9.43. The highest BCUT2D eigenvalue weighted by molar-refractivity contribution is 9.11. The summed E-state index contributed by atoms with van der Waals surface area (Å²) in [6.45, 7) is -0.202. The van der Waals surface area contributed by atoms with E-state index < -0.39 is 0 Å². The van der Waals surface area contributed by atoms with E-state index >= 15 is 0 Å². The van der Waals surface area contributed by atoms with E-state index in [-0.39, 0.29) is 56.1 Å². The molecule has 1 radical (unpaired) electrons. The van der Waals surface area contributed by atoms with Crippen molar-refractivity contribution in [1.82, 2.24) is 4.98 Å². The molecule has 0 saturated heterocycles. The van der Waals surface area contributed by atoms with E-state index in [9.17, 15) is 14.4 Å². The number of hydrogen-bond donors (Lipinski definition) is 2. The molecule has 1 heterocycles. The number of benzene rings is 1. The van der Waals surface area contributed by atoms with Gasteiger partial charge >= 0.3 is 0 Å². The second-order valence-corrected chi connectivity index (χ2v) is 7.02.